The molecule has 0 bridgehead atoms. The molecular weight excluding hydrogens is 328 g/mol. The molecule has 6 nitrogen and oxygen atoms in total. The van der Waals surface area contributed by atoms with E-state index in [-0.39, 0.29) is 11.8 Å². The molecule has 1 aliphatic rings. The molecule has 3 aromatic rings. The molecule has 0 atom stereocenters. The van der Waals surface area contributed by atoms with Gasteiger partial charge in [-0.05, 0) is 43.0 Å². The van der Waals surface area contributed by atoms with E-state index in [0.29, 0.717) is 11.1 Å². The number of imide groups is 1. The van der Waals surface area contributed by atoms with Crippen LogP contribution >= 0.6 is 0 Å². The van der Waals surface area contributed by atoms with Crippen molar-refractivity contribution in [3.63, 3.8) is 0 Å². The summed E-state index contributed by atoms with van der Waals surface area (Å²) in [4.78, 5) is 32.2. The zero-order chi connectivity index (χ0) is 17.9. The summed E-state index contributed by atoms with van der Waals surface area (Å²) >= 11 is 0. The maximum absolute atomic E-state index is 11.9. The van der Waals surface area contributed by atoms with Crippen LogP contribution in [0.2, 0.25) is 0 Å². The molecule has 1 aliphatic heterocycles. The Bertz CT molecular complexity index is 963. The first-order valence-corrected chi connectivity index (χ1v) is 8.62. The van der Waals surface area contributed by atoms with Crippen molar-refractivity contribution in [1.29, 1.82) is 0 Å². The van der Waals surface area contributed by atoms with Crippen LogP contribution in [0, 0.1) is 0 Å². The van der Waals surface area contributed by atoms with Gasteiger partial charge in [0.05, 0.1) is 23.1 Å². The maximum Gasteiger partial charge on any atom is 0.259 e. The molecule has 0 saturated heterocycles. The largest absolute Gasteiger partial charge is 0.337 e. The number of aromatic nitrogens is 3. The van der Waals surface area contributed by atoms with Crippen LogP contribution in [-0.2, 0) is 13.0 Å². The van der Waals surface area contributed by atoms with E-state index >= 15 is 0 Å². The number of benzene rings is 1. The maximum atomic E-state index is 11.9. The van der Waals surface area contributed by atoms with E-state index < -0.39 is 0 Å². The molecular formula is C20H18N4O2. The second-order valence-corrected chi connectivity index (χ2v) is 6.32. The Kier molecular flexibility index (Phi) is 4.31. The molecule has 2 aromatic heterocycles. The van der Waals surface area contributed by atoms with E-state index in [0.717, 1.165) is 42.6 Å². The van der Waals surface area contributed by atoms with Crippen molar-refractivity contribution >= 4 is 11.8 Å². The van der Waals surface area contributed by atoms with Crippen molar-refractivity contribution in [3.05, 3.63) is 71.9 Å². The average Bonchev–Trinajstić information content (AvgIpc) is 3.25. The number of imidazole rings is 1. The average molecular weight is 346 g/mol. The van der Waals surface area contributed by atoms with Crippen LogP contribution in [0.4, 0.5) is 0 Å². The third-order valence-corrected chi connectivity index (χ3v) is 4.55. The molecule has 0 unspecified atom stereocenters. The van der Waals surface area contributed by atoms with Gasteiger partial charge in [0.15, 0.2) is 0 Å². The van der Waals surface area contributed by atoms with Gasteiger partial charge in [0.2, 0.25) is 0 Å². The fourth-order valence-electron chi connectivity index (χ4n) is 3.25. The van der Waals surface area contributed by atoms with E-state index in [1.807, 2.05) is 36.8 Å². The Morgan fingerprint density at radius 1 is 1.04 bits per heavy atom. The van der Waals surface area contributed by atoms with Gasteiger partial charge in [0, 0.05) is 30.7 Å². The van der Waals surface area contributed by atoms with E-state index in [1.165, 1.54) is 0 Å². The molecule has 1 aromatic carbocycles. The van der Waals surface area contributed by atoms with Crippen LogP contribution in [0.5, 0.6) is 0 Å². The van der Waals surface area contributed by atoms with Gasteiger partial charge in [-0.3, -0.25) is 19.9 Å². The molecule has 1 N–H and O–H groups in total. The highest BCUT2D eigenvalue weighted by atomic mass is 16.2. The van der Waals surface area contributed by atoms with Gasteiger partial charge in [-0.1, -0.05) is 12.1 Å². The Labute approximate surface area is 150 Å². The second-order valence-electron chi connectivity index (χ2n) is 6.32. The number of unbranched alkanes of at least 4 members (excludes halogenated alkanes) is 1. The topological polar surface area (TPSA) is 76.9 Å². The first-order valence-electron chi connectivity index (χ1n) is 8.62. The molecule has 0 aliphatic carbocycles. The summed E-state index contributed by atoms with van der Waals surface area (Å²) in [6.07, 6.45) is 10.1. The number of nitrogens with zero attached hydrogens (tertiary/aromatic N) is 3. The van der Waals surface area contributed by atoms with E-state index in [2.05, 4.69) is 19.9 Å². The highest BCUT2D eigenvalue weighted by Crippen LogP contribution is 2.22. The SMILES string of the molecule is O=C1NC(=O)c2c(CCCCn3cnc(-c4cccnc4)c3)cccc21. The van der Waals surface area contributed by atoms with Crippen LogP contribution in [0.25, 0.3) is 11.3 Å². The summed E-state index contributed by atoms with van der Waals surface area (Å²) in [7, 11) is 0. The van der Waals surface area contributed by atoms with Crippen molar-refractivity contribution < 1.29 is 9.59 Å². The fourth-order valence-corrected chi connectivity index (χ4v) is 3.25. The van der Waals surface area contributed by atoms with Gasteiger partial charge in [0.25, 0.3) is 11.8 Å². The second kappa shape index (κ2) is 6.92. The monoisotopic (exact) mass is 346 g/mol. The van der Waals surface area contributed by atoms with Crippen molar-refractivity contribution in [2.24, 2.45) is 0 Å². The predicted octanol–water partition coefficient (Wildman–Crippen LogP) is 2.85. The third-order valence-electron chi connectivity index (χ3n) is 4.55. The summed E-state index contributed by atoms with van der Waals surface area (Å²) in [6.45, 7) is 0.855. The molecule has 6 heteroatoms. The lowest BCUT2D eigenvalue weighted by Gasteiger charge is -2.06. The minimum Gasteiger partial charge on any atom is -0.337 e. The number of carbonyl (C=O) groups is 2. The van der Waals surface area contributed by atoms with Crippen molar-refractivity contribution in [1.82, 2.24) is 19.9 Å². The summed E-state index contributed by atoms with van der Waals surface area (Å²) in [5, 5.41) is 2.36. The van der Waals surface area contributed by atoms with Gasteiger partial charge < -0.3 is 4.57 Å². The van der Waals surface area contributed by atoms with Crippen molar-refractivity contribution in [2.45, 2.75) is 25.8 Å². The molecule has 0 saturated carbocycles. The normalized spacial score (nSPS) is 12.9. The summed E-state index contributed by atoms with van der Waals surface area (Å²) in [5.41, 5.74) is 3.88. The molecule has 2 amide bonds. The number of aryl methyl sites for hydroxylation is 2. The van der Waals surface area contributed by atoms with Gasteiger partial charge in [-0.15, -0.1) is 0 Å². The molecule has 0 radical (unpaired) electrons. The standard InChI is InChI=1S/C20H18N4O2/c25-19-16-8-3-6-14(18(16)20(26)23-19)5-1-2-10-24-12-17(22-13-24)15-7-4-9-21-11-15/h3-4,6-9,11-13H,1-2,5,10H2,(H,23,25,26). The Balaban J connectivity index is 1.35. The zero-order valence-electron chi connectivity index (χ0n) is 14.2. The van der Waals surface area contributed by atoms with Gasteiger partial charge in [-0.25, -0.2) is 4.98 Å². The number of hydrogen-bond donors (Lipinski definition) is 1. The Hall–Kier alpha value is -3.28. The highest BCUT2D eigenvalue weighted by Gasteiger charge is 2.28. The molecule has 26 heavy (non-hydrogen) atoms. The number of rotatable bonds is 6. The van der Waals surface area contributed by atoms with Crippen LogP contribution in [-0.4, -0.2) is 26.3 Å². The number of carbonyl (C=O) groups excluding carboxylic acids is 2. The fraction of sp³-hybridized carbons (Fsp3) is 0.200. The Morgan fingerprint density at radius 2 is 1.96 bits per heavy atom. The number of fused-ring (bicyclic) bond motifs is 1. The summed E-state index contributed by atoms with van der Waals surface area (Å²) in [6, 6.07) is 9.34. The molecule has 3 heterocycles. The van der Waals surface area contributed by atoms with Crippen molar-refractivity contribution in [3.8, 4) is 11.3 Å². The minimum absolute atomic E-state index is 0.281. The van der Waals surface area contributed by atoms with Gasteiger partial charge in [-0.2, -0.15) is 0 Å². The molecule has 4 rings (SSSR count). The first kappa shape index (κ1) is 16.2. The quantitative estimate of drug-likeness (QED) is 0.550. The lowest BCUT2D eigenvalue weighted by Crippen LogP contribution is -2.20. The Morgan fingerprint density at radius 3 is 2.81 bits per heavy atom. The lowest BCUT2D eigenvalue weighted by molar-refractivity contribution is 0.0879. The zero-order valence-corrected chi connectivity index (χ0v) is 14.2. The van der Waals surface area contributed by atoms with Gasteiger partial charge in [0.1, 0.15) is 0 Å². The smallest absolute Gasteiger partial charge is 0.259 e. The number of amides is 2. The first-order chi connectivity index (χ1) is 12.7. The molecule has 0 spiro atoms. The minimum atomic E-state index is -0.298. The van der Waals surface area contributed by atoms with Crippen LogP contribution in [0.3, 0.4) is 0 Å². The summed E-state index contributed by atoms with van der Waals surface area (Å²) < 4.78 is 2.06. The van der Waals surface area contributed by atoms with Crippen LogP contribution in [0.1, 0.15) is 39.1 Å². The van der Waals surface area contributed by atoms with Crippen molar-refractivity contribution in [2.75, 3.05) is 0 Å². The highest BCUT2D eigenvalue weighted by molar-refractivity contribution is 6.22. The number of pyridine rings is 1. The number of nitrogens with one attached hydrogen (secondary N) is 1. The molecule has 130 valence electrons. The van der Waals surface area contributed by atoms with Gasteiger partial charge >= 0.3 is 0 Å². The van der Waals surface area contributed by atoms with E-state index in [1.54, 1.807) is 18.5 Å². The van der Waals surface area contributed by atoms with E-state index in [4.69, 9.17) is 0 Å². The van der Waals surface area contributed by atoms with E-state index in [9.17, 15) is 9.59 Å². The third kappa shape index (κ3) is 3.13. The predicted molar refractivity (Wildman–Crippen MR) is 96.6 cm³/mol. The van der Waals surface area contributed by atoms with Crippen LogP contribution < -0.4 is 5.32 Å². The summed E-state index contributed by atoms with van der Waals surface area (Å²) in [5.74, 6) is -0.579. The number of hydrogen-bond acceptors (Lipinski definition) is 4. The molecule has 0 fully saturated rings. The van der Waals surface area contributed by atoms with Crippen LogP contribution in [0.15, 0.2) is 55.2 Å². The lowest BCUT2D eigenvalue weighted by atomic mass is 9.98.